The van der Waals surface area contributed by atoms with Gasteiger partial charge in [0.2, 0.25) is 0 Å². The molecule has 2 aromatic rings. The van der Waals surface area contributed by atoms with Crippen molar-refractivity contribution in [1.29, 1.82) is 0 Å². The average Bonchev–Trinajstić information content (AvgIpc) is 2.86. The van der Waals surface area contributed by atoms with Crippen LogP contribution in [0.25, 0.3) is 0 Å². The van der Waals surface area contributed by atoms with Crippen LogP contribution in [-0.2, 0) is 13.1 Å². The van der Waals surface area contributed by atoms with Crippen LogP contribution in [0, 0.1) is 13.8 Å². The van der Waals surface area contributed by atoms with Crippen LogP contribution in [0.1, 0.15) is 22.0 Å². The van der Waals surface area contributed by atoms with Gasteiger partial charge in [-0.15, -0.1) is 11.3 Å². The number of guanidine groups is 1. The molecule has 106 valence electrons. The van der Waals surface area contributed by atoms with Crippen LogP contribution in [0.15, 0.2) is 28.7 Å². The lowest BCUT2D eigenvalue weighted by Gasteiger charge is -2.11. The zero-order chi connectivity index (χ0) is 14.4. The van der Waals surface area contributed by atoms with Crippen LogP contribution >= 0.6 is 11.3 Å². The number of aromatic nitrogens is 2. The first kappa shape index (κ1) is 14.5. The van der Waals surface area contributed by atoms with Crippen LogP contribution in [0.4, 0.5) is 0 Å². The molecule has 0 radical (unpaired) electrons. The number of pyridine rings is 1. The van der Waals surface area contributed by atoms with Gasteiger partial charge in [-0.3, -0.25) is 9.98 Å². The summed E-state index contributed by atoms with van der Waals surface area (Å²) in [4.78, 5) is 13.0. The summed E-state index contributed by atoms with van der Waals surface area (Å²) in [5.41, 5.74) is 3.26. The molecule has 0 bridgehead atoms. The predicted octanol–water partition coefficient (Wildman–Crippen LogP) is 2.02. The van der Waals surface area contributed by atoms with Gasteiger partial charge >= 0.3 is 0 Å². The van der Waals surface area contributed by atoms with Gasteiger partial charge in [0.05, 0.1) is 18.8 Å². The molecular weight excluding hydrogens is 270 g/mol. The molecule has 0 aliphatic rings. The molecule has 20 heavy (non-hydrogen) atoms. The minimum atomic E-state index is 0.656. The van der Waals surface area contributed by atoms with Crippen LogP contribution < -0.4 is 10.6 Å². The Labute approximate surface area is 123 Å². The van der Waals surface area contributed by atoms with Gasteiger partial charge in [-0.25, -0.2) is 4.98 Å². The van der Waals surface area contributed by atoms with Crippen LogP contribution in [0.5, 0.6) is 0 Å². The fraction of sp³-hybridized carbons (Fsp3) is 0.357. The molecule has 0 amide bonds. The molecule has 0 fully saturated rings. The van der Waals surface area contributed by atoms with Crippen molar-refractivity contribution in [1.82, 2.24) is 20.6 Å². The van der Waals surface area contributed by atoms with Gasteiger partial charge in [-0.1, -0.05) is 6.07 Å². The van der Waals surface area contributed by atoms with E-state index in [2.05, 4.69) is 38.6 Å². The topological polar surface area (TPSA) is 62.2 Å². The second kappa shape index (κ2) is 7.00. The summed E-state index contributed by atoms with van der Waals surface area (Å²) >= 11 is 1.65. The third-order valence-corrected chi connectivity index (χ3v) is 3.81. The van der Waals surface area contributed by atoms with E-state index in [4.69, 9.17) is 0 Å². The number of hydrogen-bond donors (Lipinski definition) is 2. The van der Waals surface area contributed by atoms with E-state index in [1.165, 1.54) is 5.56 Å². The van der Waals surface area contributed by atoms with E-state index >= 15 is 0 Å². The lowest BCUT2D eigenvalue weighted by Crippen LogP contribution is -2.36. The first-order chi connectivity index (χ1) is 9.69. The second-order valence-corrected chi connectivity index (χ2v) is 5.37. The first-order valence-corrected chi connectivity index (χ1v) is 7.33. The minimum absolute atomic E-state index is 0.656. The van der Waals surface area contributed by atoms with Crippen molar-refractivity contribution in [2.24, 2.45) is 4.99 Å². The molecule has 0 aliphatic heterocycles. The highest BCUT2D eigenvalue weighted by Gasteiger charge is 2.03. The molecule has 0 atom stereocenters. The van der Waals surface area contributed by atoms with E-state index in [9.17, 15) is 0 Å². The first-order valence-electron chi connectivity index (χ1n) is 6.45. The van der Waals surface area contributed by atoms with Crippen molar-refractivity contribution in [3.8, 4) is 0 Å². The molecule has 0 aliphatic carbocycles. The SMILES string of the molecule is CN=C(NCc1nc(C)cs1)NCc1ncccc1C. The molecule has 0 unspecified atom stereocenters. The molecule has 2 N–H and O–H groups in total. The quantitative estimate of drug-likeness (QED) is 0.668. The summed E-state index contributed by atoms with van der Waals surface area (Å²) in [5.74, 6) is 0.753. The monoisotopic (exact) mass is 289 g/mol. The summed E-state index contributed by atoms with van der Waals surface area (Å²) < 4.78 is 0. The maximum atomic E-state index is 4.41. The Morgan fingerprint density at radius 1 is 1.30 bits per heavy atom. The standard InChI is InChI=1S/C14H19N5S/c1-10-5-4-6-16-12(10)7-17-14(15-3)18-8-13-19-11(2)9-20-13/h4-6,9H,7-8H2,1-3H3,(H2,15,17,18). The van der Waals surface area contributed by atoms with Gasteiger partial charge in [-0.05, 0) is 25.5 Å². The number of aliphatic imine (C=N–C) groups is 1. The van der Waals surface area contributed by atoms with Crippen molar-refractivity contribution in [2.45, 2.75) is 26.9 Å². The molecule has 2 heterocycles. The lowest BCUT2D eigenvalue weighted by molar-refractivity contribution is 0.786. The third-order valence-electron chi connectivity index (χ3n) is 2.84. The zero-order valence-electron chi connectivity index (χ0n) is 12.0. The molecule has 0 saturated carbocycles. The van der Waals surface area contributed by atoms with E-state index in [0.29, 0.717) is 13.1 Å². The normalized spacial score (nSPS) is 11.4. The van der Waals surface area contributed by atoms with E-state index in [1.807, 2.05) is 18.4 Å². The van der Waals surface area contributed by atoms with Gasteiger partial charge in [0.1, 0.15) is 5.01 Å². The largest absolute Gasteiger partial charge is 0.351 e. The highest BCUT2D eigenvalue weighted by Crippen LogP contribution is 2.07. The molecule has 2 rings (SSSR count). The lowest BCUT2D eigenvalue weighted by atomic mass is 10.2. The molecule has 0 saturated heterocycles. The fourth-order valence-corrected chi connectivity index (χ4v) is 2.45. The van der Waals surface area contributed by atoms with Crippen molar-refractivity contribution in [3.05, 3.63) is 45.7 Å². The van der Waals surface area contributed by atoms with Crippen LogP contribution in [-0.4, -0.2) is 23.0 Å². The van der Waals surface area contributed by atoms with Crippen LogP contribution in [0.3, 0.4) is 0 Å². The van der Waals surface area contributed by atoms with Gasteiger partial charge in [0, 0.05) is 24.3 Å². The van der Waals surface area contributed by atoms with E-state index in [0.717, 1.165) is 22.4 Å². The Kier molecular flexibility index (Phi) is 5.06. The number of aryl methyl sites for hydroxylation is 2. The number of thiazole rings is 1. The molecular formula is C14H19N5S. The maximum Gasteiger partial charge on any atom is 0.191 e. The summed E-state index contributed by atoms with van der Waals surface area (Å²) in [6.07, 6.45) is 1.80. The van der Waals surface area contributed by atoms with Gasteiger partial charge in [-0.2, -0.15) is 0 Å². The smallest absolute Gasteiger partial charge is 0.191 e. The Hall–Kier alpha value is -1.95. The van der Waals surface area contributed by atoms with E-state index < -0.39 is 0 Å². The highest BCUT2D eigenvalue weighted by molar-refractivity contribution is 7.09. The average molecular weight is 289 g/mol. The number of hydrogen-bond acceptors (Lipinski definition) is 4. The van der Waals surface area contributed by atoms with Crippen molar-refractivity contribution in [2.75, 3.05) is 7.05 Å². The second-order valence-electron chi connectivity index (χ2n) is 4.43. The molecule has 0 spiro atoms. The Bertz CT molecular complexity index is 591. The number of rotatable bonds is 4. The van der Waals surface area contributed by atoms with Crippen molar-refractivity contribution in [3.63, 3.8) is 0 Å². The predicted molar refractivity (Wildman–Crippen MR) is 82.9 cm³/mol. The highest BCUT2D eigenvalue weighted by atomic mass is 32.1. The number of nitrogens with zero attached hydrogens (tertiary/aromatic N) is 3. The van der Waals surface area contributed by atoms with Crippen molar-refractivity contribution >= 4 is 17.3 Å². The zero-order valence-corrected chi connectivity index (χ0v) is 12.8. The van der Waals surface area contributed by atoms with E-state index in [1.54, 1.807) is 24.6 Å². The Morgan fingerprint density at radius 2 is 2.10 bits per heavy atom. The summed E-state index contributed by atoms with van der Waals surface area (Å²) in [7, 11) is 1.76. The summed E-state index contributed by atoms with van der Waals surface area (Å²) in [6, 6.07) is 4.00. The maximum absolute atomic E-state index is 4.41. The Balaban J connectivity index is 1.85. The summed E-state index contributed by atoms with van der Waals surface area (Å²) in [6.45, 7) is 5.39. The Morgan fingerprint density at radius 3 is 2.75 bits per heavy atom. The van der Waals surface area contributed by atoms with Gasteiger partial charge < -0.3 is 10.6 Å². The van der Waals surface area contributed by atoms with Gasteiger partial charge in [0.15, 0.2) is 5.96 Å². The third kappa shape index (κ3) is 4.03. The van der Waals surface area contributed by atoms with E-state index in [-0.39, 0.29) is 0 Å². The molecule has 6 heteroatoms. The van der Waals surface area contributed by atoms with Crippen molar-refractivity contribution < 1.29 is 0 Å². The fourth-order valence-electron chi connectivity index (χ4n) is 1.73. The molecule has 2 aromatic heterocycles. The minimum Gasteiger partial charge on any atom is -0.351 e. The molecule has 5 nitrogen and oxygen atoms in total. The van der Waals surface area contributed by atoms with Crippen LogP contribution in [0.2, 0.25) is 0 Å². The van der Waals surface area contributed by atoms with Gasteiger partial charge in [0.25, 0.3) is 0 Å². The molecule has 0 aromatic carbocycles. The summed E-state index contributed by atoms with van der Waals surface area (Å²) in [5, 5.41) is 9.61. The number of nitrogens with one attached hydrogen (secondary N) is 2.